The molecule has 1 aromatic carbocycles. The Balaban J connectivity index is 1.21. The molecular weight excluding hydrogens is 503 g/mol. The van der Waals surface area contributed by atoms with Gasteiger partial charge in [-0.05, 0) is 73.2 Å². The average Bonchev–Trinajstić information content (AvgIpc) is 2.87. The van der Waals surface area contributed by atoms with Crippen LogP contribution < -0.4 is 11.1 Å². The number of alkyl halides is 3. The van der Waals surface area contributed by atoms with E-state index in [0.717, 1.165) is 29.1 Å². The summed E-state index contributed by atoms with van der Waals surface area (Å²) in [6.45, 7) is 0.865. The number of nitrogens with two attached hydrogens (primary N) is 1. The Morgan fingerprint density at radius 2 is 1.70 bits per heavy atom. The Morgan fingerprint density at radius 1 is 1.00 bits per heavy atom. The third-order valence-electron chi connectivity index (χ3n) is 7.11. The van der Waals surface area contributed by atoms with Crippen LogP contribution in [-0.4, -0.2) is 38.7 Å². The van der Waals surface area contributed by atoms with E-state index in [1.165, 1.54) is 6.07 Å². The van der Waals surface area contributed by atoms with Gasteiger partial charge in [0.1, 0.15) is 11.4 Å². The molecule has 1 aliphatic heterocycles. The molecule has 0 bridgehead atoms. The maximum atomic E-state index is 13.5. The van der Waals surface area contributed by atoms with Crippen molar-refractivity contribution in [1.82, 2.24) is 9.97 Å². The van der Waals surface area contributed by atoms with Gasteiger partial charge in [-0.3, -0.25) is 4.98 Å². The van der Waals surface area contributed by atoms with Gasteiger partial charge in [-0.25, -0.2) is 14.0 Å². The van der Waals surface area contributed by atoms with E-state index in [4.69, 9.17) is 15.3 Å². The summed E-state index contributed by atoms with van der Waals surface area (Å²) in [6.07, 6.45) is 0.587. The summed E-state index contributed by atoms with van der Waals surface area (Å²) in [7, 11) is -3.02. The maximum Gasteiger partial charge on any atom is 0.417 e. The van der Waals surface area contributed by atoms with Crippen molar-refractivity contribution in [3.8, 4) is 11.1 Å². The Bertz CT molecular complexity index is 1350. The van der Waals surface area contributed by atoms with Gasteiger partial charge in [-0.2, -0.15) is 13.2 Å². The van der Waals surface area contributed by atoms with Crippen LogP contribution in [0.15, 0.2) is 65.8 Å². The molecule has 5 rings (SSSR count). The maximum absolute atomic E-state index is 13.5. The molecule has 1 unspecified atom stereocenters. The number of pyridine rings is 2. The van der Waals surface area contributed by atoms with Gasteiger partial charge in [-0.15, -0.1) is 0 Å². The second-order valence-electron chi connectivity index (χ2n) is 9.75. The second-order valence-corrected chi connectivity index (χ2v) is 12.1. The van der Waals surface area contributed by atoms with Gasteiger partial charge in [0.05, 0.1) is 34.2 Å². The summed E-state index contributed by atoms with van der Waals surface area (Å²) in [6, 6.07) is 13.4. The highest BCUT2D eigenvalue weighted by atomic mass is 32.2. The van der Waals surface area contributed by atoms with E-state index in [9.17, 15) is 17.4 Å². The molecule has 1 atom stereocenters. The molecule has 2 aromatic heterocycles. The van der Waals surface area contributed by atoms with E-state index < -0.39 is 27.0 Å². The SMILES string of the molecule is N=S(=O)(c1ccc(-c2ccnc(C3(N)COC3)c2)cc1)C1CCC(Nc2ccc(C(F)(F)F)cn2)CC1. The van der Waals surface area contributed by atoms with Crippen molar-refractivity contribution >= 4 is 15.5 Å². The van der Waals surface area contributed by atoms with Crippen molar-refractivity contribution in [2.45, 2.75) is 53.6 Å². The van der Waals surface area contributed by atoms with E-state index in [1.54, 1.807) is 18.3 Å². The Kier molecular flexibility index (Phi) is 6.71. The first-order valence-corrected chi connectivity index (χ1v) is 13.7. The fourth-order valence-corrected chi connectivity index (χ4v) is 6.65. The molecule has 196 valence electrons. The molecule has 1 aliphatic carbocycles. The lowest BCUT2D eigenvalue weighted by atomic mass is 9.92. The molecule has 2 aliphatic rings. The molecule has 0 radical (unpaired) electrons. The number of nitrogens with zero attached hydrogens (tertiary/aromatic N) is 2. The first-order chi connectivity index (χ1) is 17.5. The summed E-state index contributed by atoms with van der Waals surface area (Å²) >= 11 is 0. The Morgan fingerprint density at radius 3 is 2.27 bits per heavy atom. The van der Waals surface area contributed by atoms with Crippen LogP contribution in [0.3, 0.4) is 0 Å². The molecule has 1 saturated heterocycles. The number of ether oxygens (including phenoxy) is 1. The molecule has 0 amide bonds. The lowest BCUT2D eigenvalue weighted by molar-refractivity contribution is -0.137. The number of nitrogens with one attached hydrogen (secondary N) is 2. The first-order valence-electron chi connectivity index (χ1n) is 12.1. The number of hydrogen-bond acceptors (Lipinski definition) is 7. The summed E-state index contributed by atoms with van der Waals surface area (Å²) in [5.74, 6) is 0.378. The number of rotatable bonds is 6. The van der Waals surface area contributed by atoms with Crippen molar-refractivity contribution in [3.63, 3.8) is 0 Å². The summed E-state index contributed by atoms with van der Waals surface area (Å²) in [5.41, 5.74) is 7.58. The summed E-state index contributed by atoms with van der Waals surface area (Å²) < 4.78 is 65.7. The molecule has 37 heavy (non-hydrogen) atoms. The molecular formula is C26H28F3N5O2S. The zero-order valence-corrected chi connectivity index (χ0v) is 20.8. The fourth-order valence-electron chi connectivity index (χ4n) is 4.79. The lowest BCUT2D eigenvalue weighted by Crippen LogP contribution is -2.54. The molecule has 0 spiro atoms. The number of aromatic nitrogens is 2. The van der Waals surface area contributed by atoms with E-state index in [0.29, 0.717) is 49.6 Å². The monoisotopic (exact) mass is 531 g/mol. The minimum atomic E-state index is -4.42. The highest BCUT2D eigenvalue weighted by Gasteiger charge is 2.37. The van der Waals surface area contributed by atoms with E-state index >= 15 is 0 Å². The highest BCUT2D eigenvalue weighted by Crippen LogP contribution is 2.33. The highest BCUT2D eigenvalue weighted by molar-refractivity contribution is 7.93. The quantitative estimate of drug-likeness (QED) is 0.404. The zero-order valence-electron chi connectivity index (χ0n) is 20.0. The van der Waals surface area contributed by atoms with E-state index in [1.807, 2.05) is 24.3 Å². The van der Waals surface area contributed by atoms with Gasteiger partial charge in [0.15, 0.2) is 0 Å². The number of anilines is 1. The summed E-state index contributed by atoms with van der Waals surface area (Å²) in [5, 5.41) is 2.87. The Hall–Kier alpha value is -3.02. The Labute approximate surface area is 213 Å². The topological polar surface area (TPSA) is 114 Å². The van der Waals surface area contributed by atoms with Gasteiger partial charge < -0.3 is 15.8 Å². The zero-order chi connectivity index (χ0) is 26.3. The van der Waals surface area contributed by atoms with Crippen molar-refractivity contribution in [1.29, 1.82) is 4.78 Å². The van der Waals surface area contributed by atoms with Gasteiger partial charge in [0, 0.05) is 28.6 Å². The van der Waals surface area contributed by atoms with E-state index in [-0.39, 0.29) is 11.3 Å². The molecule has 2 fully saturated rings. The minimum absolute atomic E-state index is 0.00542. The largest absolute Gasteiger partial charge is 0.417 e. The predicted molar refractivity (Wildman–Crippen MR) is 134 cm³/mol. The number of hydrogen-bond donors (Lipinski definition) is 3. The predicted octanol–water partition coefficient (Wildman–Crippen LogP) is 5.18. The van der Waals surface area contributed by atoms with Crippen LogP contribution in [0.25, 0.3) is 11.1 Å². The van der Waals surface area contributed by atoms with Crippen LogP contribution in [0.4, 0.5) is 19.0 Å². The van der Waals surface area contributed by atoms with Crippen LogP contribution in [-0.2, 0) is 26.2 Å². The van der Waals surface area contributed by atoms with Crippen LogP contribution in [0.5, 0.6) is 0 Å². The fraction of sp³-hybridized carbons (Fsp3) is 0.385. The normalized spacial score (nSPS) is 23.0. The van der Waals surface area contributed by atoms with E-state index in [2.05, 4.69) is 15.3 Å². The van der Waals surface area contributed by atoms with Gasteiger partial charge in [-0.1, -0.05) is 12.1 Å². The number of benzene rings is 1. The van der Waals surface area contributed by atoms with Crippen LogP contribution in [0.2, 0.25) is 0 Å². The van der Waals surface area contributed by atoms with Crippen molar-refractivity contribution in [2.75, 3.05) is 18.5 Å². The second kappa shape index (κ2) is 9.70. The molecule has 4 N–H and O–H groups in total. The van der Waals surface area contributed by atoms with Crippen LogP contribution >= 0.6 is 0 Å². The average molecular weight is 532 g/mol. The van der Waals surface area contributed by atoms with Crippen molar-refractivity contribution in [2.24, 2.45) is 5.73 Å². The van der Waals surface area contributed by atoms with Crippen molar-refractivity contribution < 1.29 is 22.1 Å². The third-order valence-corrected chi connectivity index (χ3v) is 9.50. The van der Waals surface area contributed by atoms with Gasteiger partial charge >= 0.3 is 6.18 Å². The van der Waals surface area contributed by atoms with Gasteiger partial charge in [0.2, 0.25) is 0 Å². The lowest BCUT2D eigenvalue weighted by Gasteiger charge is -2.37. The van der Waals surface area contributed by atoms with Gasteiger partial charge in [0.25, 0.3) is 0 Å². The smallest absolute Gasteiger partial charge is 0.377 e. The van der Waals surface area contributed by atoms with Crippen LogP contribution in [0, 0.1) is 4.78 Å². The minimum Gasteiger partial charge on any atom is -0.377 e. The molecule has 7 nitrogen and oxygen atoms in total. The molecule has 3 aromatic rings. The molecule has 1 saturated carbocycles. The van der Waals surface area contributed by atoms with Crippen LogP contribution in [0.1, 0.15) is 36.9 Å². The standard InChI is InChI=1S/C26H28F3N5O2S/c27-26(28,29)19-3-10-24(33-14-19)34-20-4-8-22(9-5-20)37(31,35)21-6-1-17(2-7-21)18-11-12-32-23(13-18)25(30)15-36-16-25/h1-3,6-7,10-14,20,22,31H,4-5,8-9,15-16,30H2,(H,33,34). The summed E-state index contributed by atoms with van der Waals surface area (Å²) in [4.78, 5) is 8.75. The molecule has 11 heteroatoms. The first kappa shape index (κ1) is 25.6. The molecule has 3 heterocycles. The number of halogens is 3. The third kappa shape index (κ3) is 5.34. The van der Waals surface area contributed by atoms with Crippen molar-refractivity contribution in [3.05, 3.63) is 72.2 Å².